The number of benzene rings is 1. The normalized spacial score (nSPS) is 16.9. The number of primary amides is 1. The highest BCUT2D eigenvalue weighted by Gasteiger charge is 2.30. The van der Waals surface area contributed by atoms with Gasteiger partial charge in [-0.05, 0) is 63.4 Å². The Hall–Kier alpha value is -4.81. The number of nitrogens with one attached hydrogen (secondary N) is 2. The van der Waals surface area contributed by atoms with Crippen molar-refractivity contribution in [1.29, 1.82) is 0 Å². The summed E-state index contributed by atoms with van der Waals surface area (Å²) < 4.78 is 34.3. The summed E-state index contributed by atoms with van der Waals surface area (Å²) in [5, 5.41) is 6.19. The molecule has 43 heavy (non-hydrogen) atoms. The van der Waals surface area contributed by atoms with Crippen LogP contribution in [0.3, 0.4) is 0 Å². The van der Waals surface area contributed by atoms with Crippen LogP contribution in [0.1, 0.15) is 61.1 Å². The van der Waals surface area contributed by atoms with Gasteiger partial charge in [0.1, 0.15) is 28.9 Å². The third-order valence-electron chi connectivity index (χ3n) is 7.23. The summed E-state index contributed by atoms with van der Waals surface area (Å²) in [4.78, 5) is 49.2. The molecule has 3 aromatic rings. The first-order chi connectivity index (χ1) is 20.4. The molecule has 0 bridgehead atoms. The number of nitrogens with two attached hydrogens (primary N) is 1. The highest BCUT2D eigenvalue weighted by Crippen LogP contribution is 2.38. The molecule has 1 aromatic carbocycles. The lowest BCUT2D eigenvalue weighted by molar-refractivity contribution is -0.118. The number of pyridine rings is 2. The van der Waals surface area contributed by atoms with E-state index in [0.717, 1.165) is 12.1 Å². The minimum Gasteiger partial charge on any atom is -0.444 e. The van der Waals surface area contributed by atoms with Gasteiger partial charge in [-0.2, -0.15) is 0 Å². The zero-order valence-corrected chi connectivity index (χ0v) is 24.1. The molecule has 2 aromatic heterocycles. The van der Waals surface area contributed by atoms with Crippen molar-refractivity contribution in [3.05, 3.63) is 71.1 Å². The van der Waals surface area contributed by atoms with Gasteiger partial charge in [-0.1, -0.05) is 0 Å². The van der Waals surface area contributed by atoms with Crippen molar-refractivity contribution in [3.8, 4) is 0 Å². The maximum atomic E-state index is 14.6. The fourth-order valence-corrected chi connectivity index (χ4v) is 5.20. The van der Waals surface area contributed by atoms with Crippen molar-refractivity contribution in [2.24, 2.45) is 5.73 Å². The van der Waals surface area contributed by atoms with Crippen LogP contribution in [0.25, 0.3) is 0 Å². The summed E-state index contributed by atoms with van der Waals surface area (Å²) >= 11 is 0. The Balaban J connectivity index is 1.29. The van der Waals surface area contributed by atoms with Gasteiger partial charge in [-0.3, -0.25) is 9.59 Å². The van der Waals surface area contributed by atoms with Crippen molar-refractivity contribution in [1.82, 2.24) is 14.9 Å². The number of carbonyl (C=O) groups excluding carboxylic acids is 3. The van der Waals surface area contributed by atoms with Crippen molar-refractivity contribution >= 4 is 40.9 Å². The van der Waals surface area contributed by atoms with Gasteiger partial charge in [0.25, 0.3) is 5.91 Å². The van der Waals surface area contributed by atoms with Crippen LogP contribution >= 0.6 is 0 Å². The van der Waals surface area contributed by atoms with Gasteiger partial charge in [0.15, 0.2) is 0 Å². The van der Waals surface area contributed by atoms with Crippen LogP contribution in [0.5, 0.6) is 0 Å². The summed E-state index contributed by atoms with van der Waals surface area (Å²) in [5.41, 5.74) is 6.44. The van der Waals surface area contributed by atoms with Crippen LogP contribution in [0, 0.1) is 11.6 Å². The number of hydrogen-bond acceptors (Lipinski definition) is 8. The second-order valence-corrected chi connectivity index (χ2v) is 11.4. The minimum atomic E-state index is -0.727. The van der Waals surface area contributed by atoms with Gasteiger partial charge in [0.05, 0.1) is 29.2 Å². The lowest BCUT2D eigenvalue weighted by Gasteiger charge is -2.26. The number of fused-ring (bicyclic) bond motifs is 1. The summed E-state index contributed by atoms with van der Waals surface area (Å²) in [6, 6.07) is 6.58. The molecule has 0 spiro atoms. The Morgan fingerprint density at radius 2 is 1.74 bits per heavy atom. The average Bonchev–Trinajstić information content (AvgIpc) is 3.27. The van der Waals surface area contributed by atoms with Gasteiger partial charge in [-0.15, -0.1) is 0 Å². The van der Waals surface area contributed by atoms with E-state index in [1.807, 2.05) is 0 Å². The van der Waals surface area contributed by atoms with Crippen molar-refractivity contribution < 1.29 is 27.9 Å². The minimum absolute atomic E-state index is 0.0965. The van der Waals surface area contributed by atoms with E-state index in [1.54, 1.807) is 43.9 Å². The maximum absolute atomic E-state index is 14.6. The second-order valence-electron chi connectivity index (χ2n) is 11.4. The van der Waals surface area contributed by atoms with Crippen molar-refractivity contribution in [2.45, 2.75) is 51.7 Å². The second kappa shape index (κ2) is 11.8. The third-order valence-corrected chi connectivity index (χ3v) is 7.23. The van der Waals surface area contributed by atoms with Crippen LogP contribution in [0.2, 0.25) is 0 Å². The Morgan fingerprint density at radius 1 is 1.00 bits per heavy atom. The number of anilines is 4. The van der Waals surface area contributed by atoms with E-state index >= 15 is 0 Å². The molecule has 13 heteroatoms. The number of carbonyl (C=O) groups is 3. The molecular weight excluding hydrogens is 560 g/mol. The molecule has 5 rings (SSSR count). The topological polar surface area (TPSA) is 143 Å². The molecule has 3 heterocycles. The largest absolute Gasteiger partial charge is 0.444 e. The van der Waals surface area contributed by atoms with Crippen LogP contribution < -0.4 is 21.3 Å². The van der Waals surface area contributed by atoms with Crippen LogP contribution in [0.15, 0.2) is 42.7 Å². The number of ether oxygens (including phenoxy) is 1. The van der Waals surface area contributed by atoms with Crippen molar-refractivity contribution in [3.63, 3.8) is 0 Å². The predicted molar refractivity (Wildman–Crippen MR) is 156 cm³/mol. The highest BCUT2D eigenvalue weighted by molar-refractivity contribution is 5.99. The first-order valence-corrected chi connectivity index (χ1v) is 13.9. The van der Waals surface area contributed by atoms with E-state index in [9.17, 15) is 23.2 Å². The van der Waals surface area contributed by atoms with Crippen LogP contribution in [0.4, 0.5) is 36.6 Å². The Bertz CT molecular complexity index is 1560. The zero-order chi connectivity index (χ0) is 30.9. The Labute approximate surface area is 247 Å². The SMILES string of the molecule is CC(C)(C)OC(=O)N1CCC(=O)N(c2ccc(Nc3cc(NC4CCc5c(F)ccc(F)c54)c(C(N)=O)cn3)nc2)CC1. The molecule has 1 aliphatic heterocycles. The predicted octanol–water partition coefficient (Wildman–Crippen LogP) is 4.67. The van der Waals surface area contributed by atoms with E-state index < -0.39 is 35.3 Å². The summed E-state index contributed by atoms with van der Waals surface area (Å²) in [7, 11) is 0. The summed E-state index contributed by atoms with van der Waals surface area (Å²) in [6.07, 6.45) is 3.31. The Kier molecular flexibility index (Phi) is 8.16. The van der Waals surface area contributed by atoms with Crippen LogP contribution in [-0.4, -0.2) is 58.0 Å². The van der Waals surface area contributed by atoms with E-state index in [1.165, 1.54) is 17.3 Å². The maximum Gasteiger partial charge on any atom is 0.410 e. The quantitative estimate of drug-likeness (QED) is 0.374. The lowest BCUT2D eigenvalue weighted by atomic mass is 10.1. The number of halogens is 2. The molecule has 1 atom stereocenters. The molecule has 1 aliphatic carbocycles. The molecule has 3 amide bonds. The van der Waals surface area contributed by atoms with Gasteiger partial charge >= 0.3 is 6.09 Å². The monoisotopic (exact) mass is 593 g/mol. The highest BCUT2D eigenvalue weighted by atomic mass is 19.1. The Morgan fingerprint density at radius 3 is 2.44 bits per heavy atom. The van der Waals surface area contributed by atoms with E-state index in [-0.39, 0.29) is 36.5 Å². The molecule has 1 saturated heterocycles. The molecule has 11 nitrogen and oxygen atoms in total. The van der Waals surface area contributed by atoms with Gasteiger partial charge in [0, 0.05) is 43.9 Å². The summed E-state index contributed by atoms with van der Waals surface area (Å²) in [5.74, 6) is -1.13. The average molecular weight is 594 g/mol. The van der Waals surface area contributed by atoms with E-state index in [2.05, 4.69) is 20.6 Å². The molecular formula is C30H33F2N7O4. The van der Waals surface area contributed by atoms with Gasteiger partial charge in [-0.25, -0.2) is 23.5 Å². The fourth-order valence-electron chi connectivity index (χ4n) is 5.20. The number of aromatic nitrogens is 2. The molecule has 0 saturated carbocycles. The lowest BCUT2D eigenvalue weighted by Crippen LogP contribution is -2.39. The van der Waals surface area contributed by atoms with Crippen LogP contribution in [-0.2, 0) is 16.0 Å². The van der Waals surface area contributed by atoms with Crippen molar-refractivity contribution in [2.75, 3.05) is 35.2 Å². The molecule has 1 unspecified atom stereocenters. The molecule has 2 aliphatic rings. The number of hydrogen-bond donors (Lipinski definition) is 3. The molecule has 0 radical (unpaired) electrons. The first kappa shape index (κ1) is 29.7. The number of rotatable bonds is 6. The fraction of sp³-hybridized carbons (Fsp3) is 0.367. The molecule has 4 N–H and O–H groups in total. The molecule has 1 fully saturated rings. The van der Waals surface area contributed by atoms with Gasteiger partial charge < -0.3 is 30.9 Å². The zero-order valence-electron chi connectivity index (χ0n) is 24.1. The van der Waals surface area contributed by atoms with E-state index in [0.29, 0.717) is 48.0 Å². The third kappa shape index (κ3) is 6.65. The molecule has 226 valence electrons. The smallest absolute Gasteiger partial charge is 0.410 e. The number of nitrogens with zero attached hydrogens (tertiary/aromatic N) is 4. The number of amides is 3. The summed E-state index contributed by atoms with van der Waals surface area (Å²) in [6.45, 7) is 6.23. The van der Waals surface area contributed by atoms with E-state index in [4.69, 9.17) is 10.5 Å². The first-order valence-electron chi connectivity index (χ1n) is 13.9. The standard InChI is InChI=1S/C30H33F2N7O4/c1-30(2,3)43-29(42)38-11-10-26(40)39(13-12-38)17-4-9-24(34-15-17)37-25-14-23(19(16-35-25)28(33)41)36-22-8-5-18-20(31)6-7-21(32)27(18)22/h4,6-7,9,14-16,22H,5,8,10-13H2,1-3H3,(H2,33,41)(H2,34,35,36,37). The van der Waals surface area contributed by atoms with Gasteiger partial charge in [0.2, 0.25) is 5.91 Å².